The van der Waals surface area contributed by atoms with Gasteiger partial charge in [-0.3, -0.25) is 9.69 Å². The summed E-state index contributed by atoms with van der Waals surface area (Å²) in [4.78, 5) is 16.9. The van der Waals surface area contributed by atoms with Crippen molar-refractivity contribution in [2.24, 2.45) is 0 Å². The third-order valence-electron chi connectivity index (χ3n) is 5.59. The van der Waals surface area contributed by atoms with Crippen LogP contribution >= 0.6 is 0 Å². The predicted molar refractivity (Wildman–Crippen MR) is 87.7 cm³/mol. The summed E-state index contributed by atoms with van der Waals surface area (Å²) in [5.41, 5.74) is 0.946. The van der Waals surface area contributed by atoms with Gasteiger partial charge in [0.25, 0.3) is 0 Å². The standard InChI is InChI=1S/C18H25N3O2/c22-17(13-5-2-1-3-6-13)21-14-8-9-15(21)12-20(11-14)18(23)16-7-4-10-19-16/h1-3,5-6,14-17,19,22H,4,7-12H2/t14?,15?,16-,17?/m0/s1. The lowest BCUT2D eigenvalue weighted by atomic mass is 10.1. The van der Waals surface area contributed by atoms with Crippen molar-refractivity contribution in [3.05, 3.63) is 35.9 Å². The number of carbonyl (C=O) groups is 1. The van der Waals surface area contributed by atoms with Gasteiger partial charge in [-0.15, -0.1) is 0 Å². The number of rotatable bonds is 3. The van der Waals surface area contributed by atoms with E-state index in [-0.39, 0.29) is 24.0 Å². The molecule has 3 fully saturated rings. The Bertz CT molecular complexity index is 545. The molecule has 4 rings (SSSR count). The smallest absolute Gasteiger partial charge is 0.239 e. The van der Waals surface area contributed by atoms with Crippen LogP contribution in [-0.4, -0.2) is 58.6 Å². The molecule has 1 aromatic rings. The van der Waals surface area contributed by atoms with Crippen LogP contribution in [-0.2, 0) is 4.79 Å². The third kappa shape index (κ3) is 2.77. The Balaban J connectivity index is 1.46. The van der Waals surface area contributed by atoms with Crippen LogP contribution in [0.4, 0.5) is 0 Å². The fraction of sp³-hybridized carbons (Fsp3) is 0.611. The molecule has 3 aliphatic heterocycles. The largest absolute Gasteiger partial charge is 0.374 e. The number of carbonyl (C=O) groups excluding carboxylic acids is 1. The zero-order chi connectivity index (χ0) is 15.8. The minimum Gasteiger partial charge on any atom is -0.374 e. The van der Waals surface area contributed by atoms with E-state index in [9.17, 15) is 9.90 Å². The fourth-order valence-electron chi connectivity index (χ4n) is 4.43. The van der Waals surface area contributed by atoms with Crippen LogP contribution in [0.15, 0.2) is 30.3 Å². The molecule has 23 heavy (non-hydrogen) atoms. The Morgan fingerprint density at radius 2 is 1.83 bits per heavy atom. The van der Waals surface area contributed by atoms with Gasteiger partial charge in [-0.2, -0.15) is 0 Å². The van der Waals surface area contributed by atoms with E-state index in [1.54, 1.807) is 0 Å². The molecule has 3 saturated heterocycles. The summed E-state index contributed by atoms with van der Waals surface area (Å²) in [5.74, 6) is 0.258. The van der Waals surface area contributed by atoms with Crippen LogP contribution in [0.3, 0.4) is 0 Å². The van der Waals surface area contributed by atoms with Crippen molar-refractivity contribution < 1.29 is 9.90 Å². The fourth-order valence-corrected chi connectivity index (χ4v) is 4.43. The summed E-state index contributed by atoms with van der Waals surface area (Å²) in [6.07, 6.45) is 3.62. The number of likely N-dealkylation sites (tertiary alicyclic amines) is 1. The van der Waals surface area contributed by atoms with Crippen LogP contribution in [0, 0.1) is 0 Å². The van der Waals surface area contributed by atoms with Crippen molar-refractivity contribution in [1.29, 1.82) is 0 Å². The van der Waals surface area contributed by atoms with Gasteiger partial charge in [0.05, 0.1) is 6.04 Å². The number of hydrogen-bond donors (Lipinski definition) is 2. The molecule has 3 unspecified atom stereocenters. The summed E-state index contributed by atoms with van der Waals surface area (Å²) in [6.45, 7) is 2.45. The maximum absolute atomic E-state index is 12.6. The van der Waals surface area contributed by atoms with E-state index < -0.39 is 6.23 Å². The Hall–Kier alpha value is -1.43. The number of nitrogens with one attached hydrogen (secondary N) is 1. The summed E-state index contributed by atoms with van der Waals surface area (Å²) in [6, 6.07) is 10.4. The van der Waals surface area contributed by atoms with E-state index in [4.69, 9.17) is 0 Å². The summed E-state index contributed by atoms with van der Waals surface area (Å²) in [5, 5.41) is 14.1. The highest BCUT2D eigenvalue weighted by molar-refractivity contribution is 5.82. The lowest BCUT2D eigenvalue weighted by Crippen LogP contribution is -2.58. The van der Waals surface area contributed by atoms with Gasteiger partial charge < -0.3 is 15.3 Å². The monoisotopic (exact) mass is 315 g/mol. The molecule has 1 amide bonds. The summed E-state index contributed by atoms with van der Waals surface area (Å²) >= 11 is 0. The maximum Gasteiger partial charge on any atom is 0.239 e. The summed E-state index contributed by atoms with van der Waals surface area (Å²) < 4.78 is 0. The number of fused-ring (bicyclic) bond motifs is 2. The van der Waals surface area contributed by atoms with Gasteiger partial charge >= 0.3 is 0 Å². The van der Waals surface area contributed by atoms with Gasteiger partial charge in [-0.05, 0) is 37.8 Å². The second kappa shape index (κ2) is 6.23. The molecule has 4 atom stereocenters. The second-order valence-corrected chi connectivity index (χ2v) is 7.01. The number of hydrogen-bond acceptors (Lipinski definition) is 4. The Morgan fingerprint density at radius 1 is 1.13 bits per heavy atom. The SMILES string of the molecule is O=C([C@@H]1CCCN1)N1CC2CCC(C1)N2C(O)c1ccccc1. The van der Waals surface area contributed by atoms with Gasteiger partial charge in [0, 0.05) is 25.2 Å². The molecule has 0 spiro atoms. The minimum absolute atomic E-state index is 0.0139. The second-order valence-electron chi connectivity index (χ2n) is 7.01. The molecule has 3 heterocycles. The molecule has 5 nitrogen and oxygen atoms in total. The maximum atomic E-state index is 12.6. The van der Waals surface area contributed by atoms with Gasteiger partial charge in [0.2, 0.25) is 5.91 Å². The average Bonchev–Trinajstić information content (AvgIpc) is 3.21. The zero-order valence-electron chi connectivity index (χ0n) is 13.4. The first kappa shape index (κ1) is 15.1. The normalized spacial score (nSPS) is 32.2. The van der Waals surface area contributed by atoms with Gasteiger partial charge in [0.15, 0.2) is 0 Å². The highest BCUT2D eigenvalue weighted by atomic mass is 16.3. The first-order valence-electron chi connectivity index (χ1n) is 8.76. The van der Waals surface area contributed by atoms with E-state index in [2.05, 4.69) is 10.2 Å². The van der Waals surface area contributed by atoms with Crippen molar-refractivity contribution in [3.63, 3.8) is 0 Å². The molecule has 5 heteroatoms. The molecular weight excluding hydrogens is 290 g/mol. The first-order valence-corrected chi connectivity index (χ1v) is 8.76. The Kier molecular flexibility index (Phi) is 4.09. The van der Waals surface area contributed by atoms with Crippen molar-refractivity contribution in [1.82, 2.24) is 15.1 Å². The molecule has 2 N–H and O–H groups in total. The number of benzene rings is 1. The molecule has 1 aromatic carbocycles. The first-order chi connectivity index (χ1) is 11.2. The zero-order valence-corrected chi connectivity index (χ0v) is 13.4. The van der Waals surface area contributed by atoms with E-state index in [1.165, 1.54) is 0 Å². The average molecular weight is 315 g/mol. The number of aliphatic hydroxyl groups is 1. The molecule has 2 bridgehead atoms. The Labute approximate surface area is 137 Å². The molecule has 0 aromatic heterocycles. The highest BCUT2D eigenvalue weighted by Crippen LogP contribution is 2.36. The van der Waals surface area contributed by atoms with Crippen molar-refractivity contribution in [2.75, 3.05) is 19.6 Å². The molecular formula is C18H25N3O2. The van der Waals surface area contributed by atoms with E-state index in [0.717, 1.165) is 50.9 Å². The number of aliphatic hydroxyl groups excluding tert-OH is 1. The van der Waals surface area contributed by atoms with Crippen molar-refractivity contribution in [2.45, 2.75) is 50.0 Å². The van der Waals surface area contributed by atoms with Crippen LogP contribution in [0.2, 0.25) is 0 Å². The molecule has 124 valence electrons. The number of nitrogens with zero attached hydrogens (tertiary/aromatic N) is 2. The molecule has 0 aliphatic carbocycles. The molecule has 3 aliphatic rings. The van der Waals surface area contributed by atoms with Gasteiger partial charge in [-0.25, -0.2) is 0 Å². The predicted octanol–water partition coefficient (Wildman–Crippen LogP) is 1.10. The van der Waals surface area contributed by atoms with Crippen LogP contribution < -0.4 is 5.32 Å². The third-order valence-corrected chi connectivity index (χ3v) is 5.59. The quantitative estimate of drug-likeness (QED) is 0.877. The van der Waals surface area contributed by atoms with Crippen molar-refractivity contribution in [3.8, 4) is 0 Å². The van der Waals surface area contributed by atoms with Crippen LogP contribution in [0.25, 0.3) is 0 Å². The highest BCUT2D eigenvalue weighted by Gasteiger charge is 2.45. The van der Waals surface area contributed by atoms with Crippen LogP contribution in [0.1, 0.15) is 37.5 Å². The minimum atomic E-state index is -0.560. The van der Waals surface area contributed by atoms with E-state index in [1.807, 2.05) is 35.2 Å². The molecule has 0 radical (unpaired) electrons. The van der Waals surface area contributed by atoms with Crippen LogP contribution in [0.5, 0.6) is 0 Å². The van der Waals surface area contributed by atoms with Gasteiger partial charge in [-0.1, -0.05) is 30.3 Å². The Morgan fingerprint density at radius 3 is 2.43 bits per heavy atom. The van der Waals surface area contributed by atoms with E-state index in [0.29, 0.717) is 0 Å². The van der Waals surface area contributed by atoms with Crippen molar-refractivity contribution >= 4 is 5.91 Å². The van der Waals surface area contributed by atoms with Gasteiger partial charge in [0.1, 0.15) is 6.23 Å². The van der Waals surface area contributed by atoms with E-state index >= 15 is 0 Å². The lowest BCUT2D eigenvalue weighted by Gasteiger charge is -2.44. The number of amides is 1. The molecule has 0 saturated carbocycles. The topological polar surface area (TPSA) is 55.8 Å². The number of piperazine rings is 1. The summed E-state index contributed by atoms with van der Waals surface area (Å²) in [7, 11) is 0. The lowest BCUT2D eigenvalue weighted by molar-refractivity contribution is -0.140.